The minimum Gasteiger partial charge on any atom is -0.493 e. The van der Waals surface area contributed by atoms with Gasteiger partial charge in [0, 0.05) is 26.2 Å². The Morgan fingerprint density at radius 3 is 2.65 bits per heavy atom. The molecule has 1 aliphatic heterocycles. The van der Waals surface area contributed by atoms with Gasteiger partial charge in [0.1, 0.15) is 6.04 Å². The van der Waals surface area contributed by atoms with Crippen LogP contribution in [-0.4, -0.2) is 62.1 Å². The number of likely N-dealkylation sites (N-methyl/N-ethyl adjacent to an activating group) is 1. The van der Waals surface area contributed by atoms with E-state index in [0.29, 0.717) is 37.6 Å². The molecule has 7 nitrogen and oxygen atoms in total. The van der Waals surface area contributed by atoms with Gasteiger partial charge in [-0.2, -0.15) is 0 Å². The molecule has 0 radical (unpaired) electrons. The van der Waals surface area contributed by atoms with E-state index in [1.165, 1.54) is 4.90 Å². The third-order valence-corrected chi connectivity index (χ3v) is 4.40. The second kappa shape index (κ2) is 8.78. The van der Waals surface area contributed by atoms with E-state index >= 15 is 0 Å². The summed E-state index contributed by atoms with van der Waals surface area (Å²) in [7, 11) is 4.99. The summed E-state index contributed by atoms with van der Waals surface area (Å²) in [5.74, 6) is 1.23. The molecule has 0 bridgehead atoms. The smallest absolute Gasteiger partial charge is 0.318 e. The number of carbonyl (C=O) groups is 2. The van der Waals surface area contributed by atoms with E-state index in [1.54, 1.807) is 26.1 Å². The first-order chi connectivity index (χ1) is 12.3. The predicted molar refractivity (Wildman–Crippen MR) is 99.4 cm³/mol. The average molecular weight is 363 g/mol. The Balaban J connectivity index is 2.18. The monoisotopic (exact) mass is 363 g/mol. The van der Waals surface area contributed by atoms with E-state index in [2.05, 4.69) is 5.32 Å². The Hall–Kier alpha value is -2.44. The van der Waals surface area contributed by atoms with Crippen molar-refractivity contribution in [3.8, 4) is 11.5 Å². The lowest BCUT2D eigenvalue weighted by atomic mass is 10.0. The van der Waals surface area contributed by atoms with Gasteiger partial charge in [-0.15, -0.1) is 0 Å². The zero-order valence-electron chi connectivity index (χ0n) is 16.2. The third kappa shape index (κ3) is 4.59. The molecule has 1 aromatic carbocycles. The van der Waals surface area contributed by atoms with E-state index < -0.39 is 6.04 Å². The highest BCUT2D eigenvalue weighted by atomic mass is 16.5. The zero-order chi connectivity index (χ0) is 19.3. The van der Waals surface area contributed by atoms with Gasteiger partial charge < -0.3 is 24.6 Å². The normalized spacial score (nSPS) is 15.2. The van der Waals surface area contributed by atoms with E-state index in [-0.39, 0.29) is 17.9 Å². The SMILES string of the molecule is COc1cccc2c1OCCCN(C(=O)N[C@@H](C(=O)N(C)C)C(C)C)C2. The first-order valence-corrected chi connectivity index (χ1v) is 8.90. The average Bonchev–Trinajstić information content (AvgIpc) is 2.58. The molecule has 0 aliphatic carbocycles. The van der Waals surface area contributed by atoms with Gasteiger partial charge in [0.25, 0.3) is 0 Å². The van der Waals surface area contributed by atoms with Gasteiger partial charge in [-0.25, -0.2) is 4.79 Å². The number of nitrogens with one attached hydrogen (secondary N) is 1. The van der Waals surface area contributed by atoms with Crippen molar-refractivity contribution in [1.29, 1.82) is 0 Å². The second-order valence-corrected chi connectivity index (χ2v) is 6.98. The molecule has 0 unspecified atom stereocenters. The molecule has 26 heavy (non-hydrogen) atoms. The van der Waals surface area contributed by atoms with Gasteiger partial charge in [-0.05, 0) is 18.4 Å². The Labute approximate surface area is 155 Å². The van der Waals surface area contributed by atoms with E-state index in [9.17, 15) is 9.59 Å². The van der Waals surface area contributed by atoms with Crippen LogP contribution in [0.25, 0.3) is 0 Å². The van der Waals surface area contributed by atoms with Gasteiger partial charge in [0.2, 0.25) is 5.91 Å². The second-order valence-electron chi connectivity index (χ2n) is 6.98. The highest BCUT2D eigenvalue weighted by Crippen LogP contribution is 2.33. The first kappa shape index (κ1) is 19.9. The molecular weight excluding hydrogens is 334 g/mol. The maximum atomic E-state index is 12.8. The Morgan fingerprint density at radius 1 is 1.31 bits per heavy atom. The van der Waals surface area contributed by atoms with Crippen LogP contribution in [0.1, 0.15) is 25.8 Å². The van der Waals surface area contributed by atoms with Crippen LogP contribution in [0.2, 0.25) is 0 Å². The standard InChI is InChI=1S/C19H29N3O4/c1-13(2)16(18(23)21(3)4)20-19(24)22-10-7-11-26-17-14(12-22)8-6-9-15(17)25-5/h6,8-9,13,16H,7,10-12H2,1-5H3,(H,20,24)/t16-/m1/s1. The molecule has 1 aliphatic rings. The molecular formula is C19H29N3O4. The molecule has 1 atom stereocenters. The maximum absolute atomic E-state index is 12.8. The van der Waals surface area contributed by atoms with E-state index in [1.807, 2.05) is 32.0 Å². The molecule has 0 aromatic heterocycles. The van der Waals surface area contributed by atoms with Crippen molar-refractivity contribution in [2.24, 2.45) is 5.92 Å². The molecule has 2 rings (SSSR count). The van der Waals surface area contributed by atoms with Gasteiger partial charge >= 0.3 is 6.03 Å². The number of para-hydroxylation sites is 1. The quantitative estimate of drug-likeness (QED) is 0.889. The molecule has 0 spiro atoms. The molecule has 1 heterocycles. The van der Waals surface area contributed by atoms with Crippen molar-refractivity contribution in [1.82, 2.24) is 15.1 Å². The first-order valence-electron chi connectivity index (χ1n) is 8.90. The van der Waals surface area contributed by atoms with Crippen LogP contribution in [0.5, 0.6) is 11.5 Å². The fourth-order valence-electron chi connectivity index (χ4n) is 2.91. The number of hydrogen-bond donors (Lipinski definition) is 1. The summed E-state index contributed by atoms with van der Waals surface area (Å²) in [4.78, 5) is 28.4. The lowest BCUT2D eigenvalue weighted by Crippen LogP contribution is -2.53. The van der Waals surface area contributed by atoms with Gasteiger partial charge in [0.05, 0.1) is 20.3 Å². The number of nitrogens with zero attached hydrogens (tertiary/aromatic N) is 2. The van der Waals surface area contributed by atoms with Crippen molar-refractivity contribution in [2.75, 3.05) is 34.4 Å². The summed E-state index contributed by atoms with van der Waals surface area (Å²) in [6.07, 6.45) is 0.707. The number of urea groups is 1. The zero-order valence-corrected chi connectivity index (χ0v) is 16.2. The summed E-state index contributed by atoms with van der Waals surface area (Å²) in [6.45, 7) is 5.31. The van der Waals surface area contributed by atoms with Crippen LogP contribution in [-0.2, 0) is 11.3 Å². The topological polar surface area (TPSA) is 71.1 Å². The molecule has 1 aromatic rings. The van der Waals surface area contributed by atoms with Crippen LogP contribution >= 0.6 is 0 Å². The maximum Gasteiger partial charge on any atom is 0.318 e. The molecule has 7 heteroatoms. The lowest BCUT2D eigenvalue weighted by molar-refractivity contribution is -0.131. The number of benzene rings is 1. The fraction of sp³-hybridized carbons (Fsp3) is 0.579. The minimum absolute atomic E-state index is 0.000630. The van der Waals surface area contributed by atoms with Gasteiger partial charge in [-0.3, -0.25) is 4.79 Å². The summed E-state index contributed by atoms with van der Waals surface area (Å²) >= 11 is 0. The third-order valence-electron chi connectivity index (χ3n) is 4.40. The summed E-state index contributed by atoms with van der Waals surface area (Å²) in [5, 5.41) is 2.90. The molecule has 144 valence electrons. The van der Waals surface area contributed by atoms with Crippen molar-refractivity contribution >= 4 is 11.9 Å². The lowest BCUT2D eigenvalue weighted by Gasteiger charge is -2.31. The van der Waals surface area contributed by atoms with E-state index in [4.69, 9.17) is 9.47 Å². The van der Waals surface area contributed by atoms with E-state index in [0.717, 1.165) is 5.56 Å². The Morgan fingerprint density at radius 2 is 2.04 bits per heavy atom. The van der Waals surface area contributed by atoms with Crippen LogP contribution in [0, 0.1) is 5.92 Å². The summed E-state index contributed by atoms with van der Waals surface area (Å²) < 4.78 is 11.2. The predicted octanol–water partition coefficient (Wildman–Crippen LogP) is 2.10. The Bertz CT molecular complexity index is 646. The largest absolute Gasteiger partial charge is 0.493 e. The number of fused-ring (bicyclic) bond motifs is 1. The molecule has 0 saturated heterocycles. The van der Waals surface area contributed by atoms with Crippen molar-refractivity contribution in [3.05, 3.63) is 23.8 Å². The minimum atomic E-state index is -0.552. The molecule has 1 N–H and O–H groups in total. The number of ether oxygens (including phenoxy) is 2. The van der Waals surface area contributed by atoms with Crippen molar-refractivity contribution in [2.45, 2.75) is 32.9 Å². The van der Waals surface area contributed by atoms with Crippen LogP contribution < -0.4 is 14.8 Å². The van der Waals surface area contributed by atoms with Crippen LogP contribution in [0.4, 0.5) is 4.79 Å². The number of hydrogen-bond acceptors (Lipinski definition) is 4. The Kier molecular flexibility index (Phi) is 6.71. The van der Waals surface area contributed by atoms with Crippen molar-refractivity contribution < 1.29 is 19.1 Å². The summed E-state index contributed by atoms with van der Waals surface area (Å²) in [6, 6.07) is 4.85. The summed E-state index contributed by atoms with van der Waals surface area (Å²) in [5.41, 5.74) is 0.888. The van der Waals surface area contributed by atoms with Gasteiger partial charge in [-0.1, -0.05) is 26.0 Å². The van der Waals surface area contributed by atoms with Crippen LogP contribution in [0.15, 0.2) is 18.2 Å². The molecule has 0 fully saturated rings. The van der Waals surface area contributed by atoms with Crippen LogP contribution in [0.3, 0.4) is 0 Å². The van der Waals surface area contributed by atoms with Gasteiger partial charge in [0.15, 0.2) is 11.5 Å². The molecule has 0 saturated carbocycles. The van der Waals surface area contributed by atoms with Crippen molar-refractivity contribution in [3.63, 3.8) is 0 Å². The number of methoxy groups -OCH3 is 1. The fourth-order valence-corrected chi connectivity index (χ4v) is 2.91. The number of rotatable bonds is 4. The highest BCUT2D eigenvalue weighted by Gasteiger charge is 2.28. The molecule has 3 amide bonds. The number of amides is 3. The highest BCUT2D eigenvalue weighted by molar-refractivity contribution is 5.87. The number of carbonyl (C=O) groups excluding carboxylic acids is 2.